The summed E-state index contributed by atoms with van der Waals surface area (Å²) in [4.78, 5) is 0. The molecule has 88 valence electrons. The smallest absolute Gasteiger partial charge is 0.123 e. The minimum Gasteiger partial charge on any atom is -0.508 e. The van der Waals surface area contributed by atoms with Crippen LogP contribution in [-0.2, 0) is 6.61 Å². The molecular weight excluding hydrogens is 216 g/mol. The molecule has 3 nitrogen and oxygen atoms in total. The van der Waals surface area contributed by atoms with Crippen LogP contribution in [0.5, 0.6) is 17.2 Å². The Bertz CT molecular complexity index is 483. The van der Waals surface area contributed by atoms with E-state index in [9.17, 15) is 5.11 Å². The summed E-state index contributed by atoms with van der Waals surface area (Å²) >= 11 is 0. The Kier molecular flexibility index (Phi) is 3.19. The summed E-state index contributed by atoms with van der Waals surface area (Å²) < 4.78 is 5.55. The van der Waals surface area contributed by atoms with Gasteiger partial charge >= 0.3 is 0 Å². The van der Waals surface area contributed by atoms with Gasteiger partial charge in [0.25, 0.3) is 0 Å². The fourth-order valence-corrected chi connectivity index (χ4v) is 1.57. The molecule has 0 aromatic heterocycles. The van der Waals surface area contributed by atoms with Crippen molar-refractivity contribution in [3.8, 4) is 17.2 Å². The molecule has 0 radical (unpaired) electrons. The van der Waals surface area contributed by atoms with Crippen LogP contribution in [0.4, 0.5) is 0 Å². The van der Waals surface area contributed by atoms with E-state index < -0.39 is 0 Å². The maximum absolute atomic E-state index is 9.41. The van der Waals surface area contributed by atoms with Gasteiger partial charge in [0.2, 0.25) is 0 Å². The molecule has 0 fully saturated rings. The number of phenols is 2. The first kappa shape index (κ1) is 11.3. The van der Waals surface area contributed by atoms with Gasteiger partial charge in [-0.2, -0.15) is 0 Å². The Morgan fingerprint density at radius 3 is 2.29 bits per heavy atom. The zero-order chi connectivity index (χ0) is 12.3. The van der Waals surface area contributed by atoms with Crippen LogP contribution in [0.1, 0.15) is 11.1 Å². The van der Waals surface area contributed by atoms with Gasteiger partial charge in [0.05, 0.1) is 0 Å². The number of ether oxygens (including phenoxy) is 1. The number of rotatable bonds is 3. The molecule has 0 aliphatic rings. The average Bonchev–Trinajstić information content (AvgIpc) is 2.27. The molecule has 0 heterocycles. The number of benzene rings is 2. The largest absolute Gasteiger partial charge is 0.508 e. The van der Waals surface area contributed by atoms with Gasteiger partial charge in [0.15, 0.2) is 0 Å². The van der Waals surface area contributed by atoms with E-state index in [1.54, 1.807) is 36.4 Å². The maximum Gasteiger partial charge on any atom is 0.123 e. The van der Waals surface area contributed by atoms with Gasteiger partial charge in [0.1, 0.15) is 23.9 Å². The molecule has 0 unspecified atom stereocenters. The van der Waals surface area contributed by atoms with E-state index in [-0.39, 0.29) is 11.5 Å². The highest BCUT2D eigenvalue weighted by molar-refractivity contribution is 5.37. The van der Waals surface area contributed by atoms with Crippen molar-refractivity contribution in [3.63, 3.8) is 0 Å². The van der Waals surface area contributed by atoms with E-state index in [0.29, 0.717) is 12.4 Å². The minimum absolute atomic E-state index is 0.200. The number of aromatic hydroxyl groups is 2. The van der Waals surface area contributed by atoms with Crippen LogP contribution < -0.4 is 4.74 Å². The molecule has 17 heavy (non-hydrogen) atoms. The highest BCUT2D eigenvalue weighted by Crippen LogP contribution is 2.22. The monoisotopic (exact) mass is 230 g/mol. The van der Waals surface area contributed by atoms with E-state index >= 15 is 0 Å². The summed E-state index contributed by atoms with van der Waals surface area (Å²) in [6, 6.07) is 11.9. The zero-order valence-electron chi connectivity index (χ0n) is 9.55. The Labute approximate surface area is 99.9 Å². The molecule has 0 spiro atoms. The second-order valence-corrected chi connectivity index (χ2v) is 3.96. The molecule has 2 aromatic rings. The van der Waals surface area contributed by atoms with E-state index in [0.717, 1.165) is 11.1 Å². The molecule has 3 heteroatoms. The van der Waals surface area contributed by atoms with Crippen LogP contribution in [0.2, 0.25) is 0 Å². The van der Waals surface area contributed by atoms with E-state index in [4.69, 9.17) is 9.84 Å². The lowest BCUT2D eigenvalue weighted by atomic mass is 10.2. The van der Waals surface area contributed by atoms with E-state index in [2.05, 4.69) is 0 Å². The third-order valence-corrected chi connectivity index (χ3v) is 2.38. The fraction of sp³-hybridized carbons (Fsp3) is 0.143. The summed E-state index contributed by atoms with van der Waals surface area (Å²) in [5.74, 6) is 1.07. The molecule has 0 saturated carbocycles. The van der Waals surface area contributed by atoms with Gasteiger partial charge in [0, 0.05) is 6.07 Å². The van der Waals surface area contributed by atoms with Crippen LogP contribution >= 0.6 is 0 Å². The van der Waals surface area contributed by atoms with Gasteiger partial charge in [-0.05, 0) is 42.3 Å². The van der Waals surface area contributed by atoms with Crippen LogP contribution in [0.25, 0.3) is 0 Å². The second-order valence-electron chi connectivity index (χ2n) is 3.96. The lowest BCUT2D eigenvalue weighted by Gasteiger charge is -2.07. The molecule has 0 amide bonds. The molecule has 0 saturated heterocycles. The zero-order valence-corrected chi connectivity index (χ0v) is 9.55. The normalized spacial score (nSPS) is 10.2. The van der Waals surface area contributed by atoms with Gasteiger partial charge in [-0.25, -0.2) is 0 Å². The van der Waals surface area contributed by atoms with Crippen molar-refractivity contribution in [1.29, 1.82) is 0 Å². The summed E-state index contributed by atoms with van der Waals surface area (Å²) in [7, 11) is 0. The topological polar surface area (TPSA) is 49.7 Å². The average molecular weight is 230 g/mol. The van der Waals surface area contributed by atoms with Crippen LogP contribution in [0, 0.1) is 6.92 Å². The summed E-state index contributed by atoms with van der Waals surface area (Å²) in [6.45, 7) is 2.30. The van der Waals surface area contributed by atoms with E-state index in [1.807, 2.05) is 13.0 Å². The SMILES string of the molecule is Cc1cc(O)cc(OCc2ccc(O)cc2)c1. The Morgan fingerprint density at radius 2 is 1.65 bits per heavy atom. The highest BCUT2D eigenvalue weighted by Gasteiger charge is 1.99. The summed E-state index contributed by atoms with van der Waals surface area (Å²) in [5, 5.41) is 18.6. The van der Waals surface area contributed by atoms with Gasteiger partial charge in [-0.15, -0.1) is 0 Å². The second kappa shape index (κ2) is 4.78. The lowest BCUT2D eigenvalue weighted by Crippen LogP contribution is -1.95. The third kappa shape index (κ3) is 3.14. The van der Waals surface area contributed by atoms with Crippen molar-refractivity contribution in [1.82, 2.24) is 0 Å². The first-order valence-electron chi connectivity index (χ1n) is 5.35. The number of aryl methyl sites for hydroxylation is 1. The minimum atomic E-state index is 0.200. The fourth-order valence-electron chi connectivity index (χ4n) is 1.57. The van der Waals surface area contributed by atoms with Gasteiger partial charge < -0.3 is 14.9 Å². The van der Waals surface area contributed by atoms with Gasteiger partial charge in [-0.3, -0.25) is 0 Å². The standard InChI is InChI=1S/C14H14O3/c1-10-6-13(16)8-14(7-10)17-9-11-2-4-12(15)5-3-11/h2-8,15-16H,9H2,1H3. The van der Waals surface area contributed by atoms with Crippen molar-refractivity contribution in [2.24, 2.45) is 0 Å². The molecule has 0 aliphatic heterocycles. The van der Waals surface area contributed by atoms with Crippen molar-refractivity contribution in [3.05, 3.63) is 53.6 Å². The van der Waals surface area contributed by atoms with Crippen molar-refractivity contribution in [2.75, 3.05) is 0 Å². The van der Waals surface area contributed by atoms with Crippen LogP contribution in [-0.4, -0.2) is 10.2 Å². The van der Waals surface area contributed by atoms with E-state index in [1.165, 1.54) is 0 Å². The highest BCUT2D eigenvalue weighted by atomic mass is 16.5. The predicted octanol–water partition coefficient (Wildman–Crippen LogP) is 2.99. The number of hydrogen-bond acceptors (Lipinski definition) is 3. The predicted molar refractivity (Wildman–Crippen MR) is 65.3 cm³/mol. The summed E-state index contributed by atoms with van der Waals surface area (Å²) in [5.41, 5.74) is 1.91. The quantitative estimate of drug-likeness (QED) is 0.852. The molecule has 0 atom stereocenters. The first-order chi connectivity index (χ1) is 8.13. The molecule has 2 N–H and O–H groups in total. The molecule has 2 rings (SSSR count). The maximum atomic E-state index is 9.41. The molecule has 2 aromatic carbocycles. The third-order valence-electron chi connectivity index (χ3n) is 2.38. The van der Waals surface area contributed by atoms with Crippen molar-refractivity contribution < 1.29 is 14.9 Å². The van der Waals surface area contributed by atoms with Crippen molar-refractivity contribution >= 4 is 0 Å². The van der Waals surface area contributed by atoms with Crippen LogP contribution in [0.3, 0.4) is 0 Å². The first-order valence-corrected chi connectivity index (χ1v) is 5.35. The molecular formula is C14H14O3. The Morgan fingerprint density at radius 1 is 0.941 bits per heavy atom. The number of phenolic OH excluding ortho intramolecular Hbond substituents is 2. The molecule has 0 bridgehead atoms. The number of hydrogen-bond donors (Lipinski definition) is 2. The molecule has 0 aliphatic carbocycles. The van der Waals surface area contributed by atoms with Crippen LogP contribution in [0.15, 0.2) is 42.5 Å². The lowest BCUT2D eigenvalue weighted by molar-refractivity contribution is 0.304. The Hall–Kier alpha value is -2.16. The summed E-state index contributed by atoms with van der Waals surface area (Å²) in [6.07, 6.45) is 0. The van der Waals surface area contributed by atoms with Gasteiger partial charge in [-0.1, -0.05) is 12.1 Å². The van der Waals surface area contributed by atoms with Crippen molar-refractivity contribution in [2.45, 2.75) is 13.5 Å². The Balaban J connectivity index is 2.04.